The standard InChI is InChI=1S/C19H29FIN3/c1-3-4-5-6-7-8-9-10-11-12-13-24-22-18-15(2)14-16(20)17(21)19(18)23-24/h14H,3-13H2,1-2H3. The Morgan fingerprint density at radius 1 is 0.917 bits per heavy atom. The Morgan fingerprint density at radius 2 is 1.46 bits per heavy atom. The van der Waals surface area contributed by atoms with Crippen LogP contribution in [-0.4, -0.2) is 15.0 Å². The first-order valence-corrected chi connectivity index (χ1v) is 10.4. The van der Waals surface area contributed by atoms with Gasteiger partial charge in [-0.05, 0) is 47.6 Å². The van der Waals surface area contributed by atoms with Crippen LogP contribution in [-0.2, 0) is 6.54 Å². The molecular formula is C19H29FIN3. The molecule has 5 heteroatoms. The largest absolute Gasteiger partial charge is 0.206 e. The zero-order chi connectivity index (χ0) is 17.4. The third-order valence-electron chi connectivity index (χ3n) is 4.50. The van der Waals surface area contributed by atoms with Gasteiger partial charge in [0.05, 0.1) is 10.1 Å². The summed E-state index contributed by atoms with van der Waals surface area (Å²) < 4.78 is 14.3. The maximum Gasteiger partial charge on any atom is 0.139 e. The van der Waals surface area contributed by atoms with Crippen LogP contribution in [0.2, 0.25) is 0 Å². The van der Waals surface area contributed by atoms with Crippen LogP contribution in [0, 0.1) is 16.3 Å². The van der Waals surface area contributed by atoms with Crippen LogP contribution >= 0.6 is 22.6 Å². The van der Waals surface area contributed by atoms with E-state index in [9.17, 15) is 4.39 Å². The lowest BCUT2D eigenvalue weighted by Crippen LogP contribution is -2.02. The van der Waals surface area contributed by atoms with Crippen LogP contribution in [0.3, 0.4) is 0 Å². The Hall–Kier alpha value is -0.720. The van der Waals surface area contributed by atoms with Crippen molar-refractivity contribution in [3.63, 3.8) is 0 Å². The molecule has 2 aromatic rings. The molecule has 0 aliphatic carbocycles. The minimum absolute atomic E-state index is 0.202. The molecule has 0 aliphatic heterocycles. The van der Waals surface area contributed by atoms with E-state index in [1.54, 1.807) is 10.9 Å². The number of aromatic nitrogens is 3. The number of rotatable bonds is 11. The van der Waals surface area contributed by atoms with Gasteiger partial charge in [-0.3, -0.25) is 0 Å². The van der Waals surface area contributed by atoms with Gasteiger partial charge in [-0.25, -0.2) is 4.39 Å². The van der Waals surface area contributed by atoms with Crippen LogP contribution in [0.4, 0.5) is 4.39 Å². The van der Waals surface area contributed by atoms with Gasteiger partial charge < -0.3 is 0 Å². The Bertz CT molecular complexity index is 639. The number of aryl methyl sites for hydroxylation is 2. The van der Waals surface area contributed by atoms with Gasteiger partial charge >= 0.3 is 0 Å². The Labute approximate surface area is 158 Å². The molecule has 0 unspecified atom stereocenters. The topological polar surface area (TPSA) is 30.7 Å². The SMILES string of the molecule is CCCCCCCCCCCCn1nc2c(C)cc(F)c(I)c2n1. The van der Waals surface area contributed by atoms with Crippen molar-refractivity contribution in [2.45, 2.75) is 84.6 Å². The third-order valence-corrected chi connectivity index (χ3v) is 5.53. The summed E-state index contributed by atoms with van der Waals surface area (Å²) in [6.45, 7) is 4.97. The van der Waals surface area contributed by atoms with Gasteiger partial charge in [0.15, 0.2) is 0 Å². The molecule has 0 radical (unpaired) electrons. The highest BCUT2D eigenvalue weighted by Gasteiger charge is 2.13. The molecule has 0 spiro atoms. The molecule has 134 valence electrons. The fraction of sp³-hybridized carbons (Fsp3) is 0.684. The van der Waals surface area contributed by atoms with Crippen molar-refractivity contribution in [1.29, 1.82) is 0 Å². The molecule has 0 aliphatic rings. The van der Waals surface area contributed by atoms with Crippen LogP contribution < -0.4 is 0 Å². The van der Waals surface area contributed by atoms with E-state index in [1.807, 2.05) is 29.5 Å². The van der Waals surface area contributed by atoms with Gasteiger partial charge in [-0.15, -0.1) is 0 Å². The number of hydrogen-bond acceptors (Lipinski definition) is 2. The number of halogens is 2. The smallest absolute Gasteiger partial charge is 0.139 e. The molecule has 0 N–H and O–H groups in total. The van der Waals surface area contributed by atoms with Crippen LogP contribution in [0.15, 0.2) is 6.07 Å². The van der Waals surface area contributed by atoms with Gasteiger partial charge in [-0.1, -0.05) is 64.7 Å². The summed E-state index contributed by atoms with van der Waals surface area (Å²) in [6.07, 6.45) is 13.2. The normalized spacial score (nSPS) is 11.5. The highest BCUT2D eigenvalue weighted by molar-refractivity contribution is 14.1. The van der Waals surface area contributed by atoms with Crippen LogP contribution in [0.25, 0.3) is 11.0 Å². The summed E-state index contributed by atoms with van der Waals surface area (Å²) in [6, 6.07) is 1.55. The fourth-order valence-corrected chi connectivity index (χ4v) is 3.56. The molecule has 0 atom stereocenters. The zero-order valence-electron chi connectivity index (χ0n) is 15.0. The number of benzene rings is 1. The summed E-state index contributed by atoms with van der Waals surface area (Å²) in [4.78, 5) is 1.74. The highest BCUT2D eigenvalue weighted by Crippen LogP contribution is 2.23. The van der Waals surface area contributed by atoms with Crippen LogP contribution in [0.5, 0.6) is 0 Å². The van der Waals surface area contributed by atoms with Crippen molar-refractivity contribution >= 4 is 33.6 Å². The number of hydrogen-bond donors (Lipinski definition) is 0. The van der Waals surface area contributed by atoms with E-state index >= 15 is 0 Å². The predicted octanol–water partition coefficient (Wildman–Crippen LogP) is 6.40. The van der Waals surface area contributed by atoms with Gasteiger partial charge in [-0.2, -0.15) is 15.0 Å². The van der Waals surface area contributed by atoms with Crippen LogP contribution in [0.1, 0.15) is 76.7 Å². The Balaban J connectivity index is 1.67. The van der Waals surface area contributed by atoms with Crippen molar-refractivity contribution in [1.82, 2.24) is 15.0 Å². The Morgan fingerprint density at radius 3 is 2.08 bits per heavy atom. The molecule has 0 amide bonds. The Kier molecular flexibility index (Phi) is 8.42. The molecule has 2 rings (SSSR count). The second kappa shape index (κ2) is 10.3. The average molecular weight is 445 g/mol. The van der Waals surface area contributed by atoms with Crippen molar-refractivity contribution in [2.24, 2.45) is 0 Å². The molecule has 1 heterocycles. The fourth-order valence-electron chi connectivity index (χ4n) is 3.04. The minimum Gasteiger partial charge on any atom is -0.206 e. The van der Waals surface area contributed by atoms with Gasteiger partial charge in [0.1, 0.15) is 16.9 Å². The second-order valence-electron chi connectivity index (χ2n) is 6.66. The van der Waals surface area contributed by atoms with Crippen molar-refractivity contribution in [2.75, 3.05) is 0 Å². The number of fused-ring (bicyclic) bond motifs is 1. The molecule has 24 heavy (non-hydrogen) atoms. The maximum absolute atomic E-state index is 13.8. The quantitative estimate of drug-likeness (QED) is 0.296. The van der Waals surface area contributed by atoms with Gasteiger partial charge in [0, 0.05) is 0 Å². The lowest BCUT2D eigenvalue weighted by molar-refractivity contribution is 0.483. The molecule has 0 saturated heterocycles. The molecule has 1 aromatic carbocycles. The summed E-state index contributed by atoms with van der Waals surface area (Å²) >= 11 is 2.01. The van der Waals surface area contributed by atoms with E-state index in [1.165, 1.54) is 57.8 Å². The van der Waals surface area contributed by atoms with Crippen molar-refractivity contribution < 1.29 is 4.39 Å². The maximum atomic E-state index is 13.8. The molecule has 0 saturated carbocycles. The first-order chi connectivity index (χ1) is 11.6. The van der Waals surface area contributed by atoms with Gasteiger partial charge in [0.2, 0.25) is 0 Å². The third kappa shape index (κ3) is 5.67. The molecule has 0 bridgehead atoms. The van der Waals surface area contributed by atoms with E-state index in [0.29, 0.717) is 9.09 Å². The predicted molar refractivity (Wildman–Crippen MR) is 107 cm³/mol. The highest BCUT2D eigenvalue weighted by atomic mass is 127. The first kappa shape index (κ1) is 19.6. The molecule has 1 aromatic heterocycles. The van der Waals surface area contributed by atoms with E-state index in [-0.39, 0.29) is 5.82 Å². The molecule has 0 fully saturated rings. The number of unbranched alkanes of at least 4 members (excludes halogenated alkanes) is 9. The van der Waals surface area contributed by atoms with E-state index < -0.39 is 0 Å². The number of nitrogens with zero attached hydrogens (tertiary/aromatic N) is 3. The summed E-state index contributed by atoms with van der Waals surface area (Å²) in [5.74, 6) is -0.202. The zero-order valence-corrected chi connectivity index (χ0v) is 17.1. The molecular weight excluding hydrogens is 416 g/mol. The lowest BCUT2D eigenvalue weighted by Gasteiger charge is -2.02. The summed E-state index contributed by atoms with van der Waals surface area (Å²) in [5.41, 5.74) is 2.38. The van der Waals surface area contributed by atoms with E-state index in [0.717, 1.165) is 24.0 Å². The minimum atomic E-state index is -0.202. The molecule has 3 nitrogen and oxygen atoms in total. The second-order valence-corrected chi connectivity index (χ2v) is 7.74. The van der Waals surface area contributed by atoms with E-state index in [2.05, 4.69) is 17.1 Å². The lowest BCUT2D eigenvalue weighted by atomic mass is 10.1. The van der Waals surface area contributed by atoms with E-state index in [4.69, 9.17) is 0 Å². The summed E-state index contributed by atoms with van der Waals surface area (Å²) in [7, 11) is 0. The summed E-state index contributed by atoms with van der Waals surface area (Å²) in [5, 5.41) is 8.99. The monoisotopic (exact) mass is 445 g/mol. The van der Waals surface area contributed by atoms with Crippen molar-refractivity contribution in [3.8, 4) is 0 Å². The van der Waals surface area contributed by atoms with Crippen molar-refractivity contribution in [3.05, 3.63) is 21.0 Å². The first-order valence-electron chi connectivity index (χ1n) is 9.33. The average Bonchev–Trinajstić information content (AvgIpc) is 2.99. The van der Waals surface area contributed by atoms with Gasteiger partial charge in [0.25, 0.3) is 0 Å².